The molecule has 2 aliphatic rings. The Hall–Kier alpha value is -3.09. The molecule has 2 N–H and O–H groups in total. The maximum Gasteiger partial charge on any atom is 0.175 e. The van der Waals surface area contributed by atoms with Gasteiger partial charge in [-0.1, -0.05) is 0 Å². The molecule has 3 aromatic rings. The number of aromatic nitrogens is 4. The Labute approximate surface area is 216 Å². The van der Waals surface area contributed by atoms with Gasteiger partial charge in [-0.2, -0.15) is 5.10 Å². The number of sulfone groups is 1. The average Bonchev–Trinajstić information content (AvgIpc) is 3.57. The zero-order valence-corrected chi connectivity index (χ0v) is 22.1. The molecule has 1 aliphatic heterocycles. The number of nitrogens with one attached hydrogen (secondary N) is 2. The number of thiocarbonyl (C=S) groups is 1. The minimum absolute atomic E-state index is 0.127. The van der Waals surface area contributed by atoms with Crippen LogP contribution >= 0.6 is 12.2 Å². The van der Waals surface area contributed by atoms with Crippen molar-refractivity contribution < 1.29 is 13.2 Å². The third kappa shape index (κ3) is 4.93. The molecule has 1 saturated heterocycles. The number of aryl methyl sites for hydroxylation is 1. The Morgan fingerprint density at radius 3 is 2.50 bits per heavy atom. The van der Waals surface area contributed by atoms with Gasteiger partial charge in [0.2, 0.25) is 0 Å². The molecule has 1 aliphatic carbocycles. The predicted molar refractivity (Wildman–Crippen MR) is 144 cm³/mol. The maximum absolute atomic E-state index is 12.7. The largest absolute Gasteiger partial charge is 0.377 e. The third-order valence-electron chi connectivity index (χ3n) is 6.62. The zero-order chi connectivity index (χ0) is 25.5. The molecule has 0 amide bonds. The van der Waals surface area contributed by atoms with E-state index in [0.29, 0.717) is 49.2 Å². The first-order valence-electron chi connectivity index (χ1n) is 11.8. The van der Waals surface area contributed by atoms with Crippen molar-refractivity contribution in [2.45, 2.75) is 30.6 Å². The van der Waals surface area contributed by atoms with E-state index in [4.69, 9.17) is 26.9 Å². The Kier molecular flexibility index (Phi) is 6.43. The van der Waals surface area contributed by atoms with E-state index in [1.54, 1.807) is 10.9 Å². The van der Waals surface area contributed by atoms with E-state index < -0.39 is 14.6 Å². The quantitative estimate of drug-likeness (QED) is 0.464. The van der Waals surface area contributed by atoms with Crippen LogP contribution in [0.1, 0.15) is 25.5 Å². The zero-order valence-electron chi connectivity index (χ0n) is 20.4. The maximum atomic E-state index is 12.7. The summed E-state index contributed by atoms with van der Waals surface area (Å²) in [6.07, 6.45) is 5.96. The topological polar surface area (TPSA) is 114 Å². The van der Waals surface area contributed by atoms with Crippen molar-refractivity contribution in [3.63, 3.8) is 0 Å². The van der Waals surface area contributed by atoms with E-state index in [2.05, 4.69) is 27.6 Å². The molecule has 2 aromatic heterocycles. The van der Waals surface area contributed by atoms with Gasteiger partial charge >= 0.3 is 0 Å². The van der Waals surface area contributed by atoms with Crippen molar-refractivity contribution in [1.82, 2.24) is 19.7 Å². The Morgan fingerprint density at radius 1 is 1.17 bits per heavy atom. The highest BCUT2D eigenvalue weighted by Gasteiger charge is 2.55. The first-order chi connectivity index (χ1) is 17.1. The fourth-order valence-corrected chi connectivity index (χ4v) is 5.99. The molecule has 0 bridgehead atoms. The number of rotatable bonds is 6. The van der Waals surface area contributed by atoms with Gasteiger partial charge in [-0.15, -0.1) is 0 Å². The van der Waals surface area contributed by atoms with Crippen molar-refractivity contribution in [2.75, 3.05) is 41.5 Å². The molecule has 3 heterocycles. The standard InChI is InChI=1S/C24H29N7O3S2/c1-16-15-34-11-10-31(16)21-12-20(24(8-9-24)36(3,32)33)28-22(29-21)17-4-6-18(7-5-17)26-23(35)27-19-13-25-30(2)14-19/h4-7,12-14,16H,8-11,15H2,1-3H3,(H2,26,27,35)/t16-/m0/s1. The van der Waals surface area contributed by atoms with E-state index in [0.717, 1.165) is 22.8 Å². The van der Waals surface area contributed by atoms with Crippen LogP contribution in [0.4, 0.5) is 17.2 Å². The summed E-state index contributed by atoms with van der Waals surface area (Å²) >= 11 is 5.40. The van der Waals surface area contributed by atoms with Crippen LogP contribution in [0.25, 0.3) is 11.4 Å². The first-order valence-corrected chi connectivity index (χ1v) is 14.1. The van der Waals surface area contributed by atoms with Crippen LogP contribution in [0, 0.1) is 0 Å². The molecule has 5 rings (SSSR count). The predicted octanol–water partition coefficient (Wildman–Crippen LogP) is 2.94. The lowest BCUT2D eigenvalue weighted by atomic mass is 10.1. The van der Waals surface area contributed by atoms with Crippen molar-refractivity contribution in [2.24, 2.45) is 7.05 Å². The number of morpholine rings is 1. The lowest BCUT2D eigenvalue weighted by molar-refractivity contribution is 0.0985. The normalized spacial score (nSPS) is 19.1. The fourth-order valence-electron chi connectivity index (χ4n) is 4.42. The highest BCUT2D eigenvalue weighted by Crippen LogP contribution is 2.52. The summed E-state index contributed by atoms with van der Waals surface area (Å²) in [4.78, 5) is 11.8. The SMILES string of the molecule is C[C@H]1COCCN1c1cc(C2(S(C)(=O)=O)CC2)nc(-c2ccc(NC(=S)Nc3cnn(C)c3)cc2)n1. The average molecular weight is 528 g/mol. The number of benzene rings is 1. The van der Waals surface area contributed by atoms with Gasteiger partial charge in [0.15, 0.2) is 20.8 Å². The van der Waals surface area contributed by atoms with Gasteiger partial charge in [0, 0.05) is 43.4 Å². The molecule has 1 saturated carbocycles. The third-order valence-corrected chi connectivity index (χ3v) is 8.86. The molecular formula is C24H29N7O3S2. The van der Waals surface area contributed by atoms with Gasteiger partial charge in [0.25, 0.3) is 0 Å². The Bertz CT molecular complexity index is 1380. The number of ether oxygens (including phenoxy) is 1. The fraction of sp³-hybridized carbons (Fsp3) is 0.417. The van der Waals surface area contributed by atoms with E-state index in [1.165, 1.54) is 6.26 Å². The second kappa shape index (κ2) is 9.41. The van der Waals surface area contributed by atoms with Crippen LogP contribution in [-0.2, 0) is 26.4 Å². The Balaban J connectivity index is 1.43. The van der Waals surface area contributed by atoms with E-state index >= 15 is 0 Å². The van der Waals surface area contributed by atoms with Crippen molar-refractivity contribution in [3.8, 4) is 11.4 Å². The van der Waals surface area contributed by atoms with Gasteiger partial charge in [-0.25, -0.2) is 18.4 Å². The van der Waals surface area contributed by atoms with Crippen LogP contribution in [0.15, 0.2) is 42.7 Å². The van der Waals surface area contributed by atoms with Crippen molar-refractivity contribution in [3.05, 3.63) is 48.4 Å². The second-order valence-corrected chi connectivity index (χ2v) is 12.1. The summed E-state index contributed by atoms with van der Waals surface area (Å²) in [6.45, 7) is 3.96. The molecule has 12 heteroatoms. The van der Waals surface area contributed by atoms with Gasteiger partial charge in [-0.3, -0.25) is 4.68 Å². The number of hydrogen-bond donors (Lipinski definition) is 2. The molecule has 10 nitrogen and oxygen atoms in total. The molecule has 2 fully saturated rings. The van der Waals surface area contributed by atoms with Crippen LogP contribution in [0.5, 0.6) is 0 Å². The van der Waals surface area contributed by atoms with Gasteiger partial charge in [0.05, 0.1) is 36.8 Å². The molecule has 0 spiro atoms. The van der Waals surface area contributed by atoms with E-state index in [1.807, 2.05) is 43.6 Å². The summed E-state index contributed by atoms with van der Waals surface area (Å²) in [5.74, 6) is 1.23. The molecule has 0 unspecified atom stereocenters. The van der Waals surface area contributed by atoms with Crippen molar-refractivity contribution in [1.29, 1.82) is 0 Å². The van der Waals surface area contributed by atoms with Crippen LogP contribution in [-0.4, -0.2) is 65.3 Å². The van der Waals surface area contributed by atoms with Crippen molar-refractivity contribution >= 4 is 44.4 Å². The summed E-state index contributed by atoms with van der Waals surface area (Å²) < 4.78 is 31.7. The summed E-state index contributed by atoms with van der Waals surface area (Å²) in [5.41, 5.74) is 2.95. The van der Waals surface area contributed by atoms with E-state index in [-0.39, 0.29) is 6.04 Å². The van der Waals surface area contributed by atoms with Gasteiger partial charge in [0.1, 0.15) is 10.6 Å². The van der Waals surface area contributed by atoms with Crippen LogP contribution < -0.4 is 15.5 Å². The lowest BCUT2D eigenvalue weighted by Crippen LogP contribution is -2.44. The summed E-state index contributed by atoms with van der Waals surface area (Å²) in [5, 5.41) is 10.8. The number of hydrogen-bond acceptors (Lipinski definition) is 8. The van der Waals surface area contributed by atoms with Crippen LogP contribution in [0.2, 0.25) is 0 Å². The highest BCUT2D eigenvalue weighted by atomic mass is 32.2. The molecule has 36 heavy (non-hydrogen) atoms. The molecule has 1 atom stereocenters. The highest BCUT2D eigenvalue weighted by molar-refractivity contribution is 7.92. The monoisotopic (exact) mass is 527 g/mol. The van der Waals surface area contributed by atoms with Gasteiger partial charge in [-0.05, 0) is 56.2 Å². The Morgan fingerprint density at radius 2 is 1.89 bits per heavy atom. The second-order valence-electron chi connectivity index (χ2n) is 9.38. The first kappa shape index (κ1) is 24.6. The number of anilines is 3. The molecule has 0 radical (unpaired) electrons. The minimum Gasteiger partial charge on any atom is -0.377 e. The minimum atomic E-state index is -3.32. The van der Waals surface area contributed by atoms with Gasteiger partial charge < -0.3 is 20.3 Å². The smallest absolute Gasteiger partial charge is 0.175 e. The van der Waals surface area contributed by atoms with Crippen LogP contribution in [0.3, 0.4) is 0 Å². The van der Waals surface area contributed by atoms with E-state index in [9.17, 15) is 8.42 Å². The molecule has 1 aromatic carbocycles. The molecular weight excluding hydrogens is 498 g/mol. The summed E-state index contributed by atoms with van der Waals surface area (Å²) in [7, 11) is -1.48. The summed E-state index contributed by atoms with van der Waals surface area (Å²) in [6, 6.07) is 9.56. The number of nitrogens with zero attached hydrogens (tertiary/aromatic N) is 5. The molecule has 190 valence electrons. The lowest BCUT2D eigenvalue weighted by Gasteiger charge is -2.34.